The van der Waals surface area contributed by atoms with E-state index in [2.05, 4.69) is 38.8 Å². The lowest BCUT2D eigenvalue weighted by Crippen LogP contribution is -2.48. The first-order valence-electron chi connectivity index (χ1n) is 17.1. The van der Waals surface area contributed by atoms with Crippen molar-refractivity contribution in [3.63, 3.8) is 0 Å². The maximum absolute atomic E-state index is 14.6. The minimum Gasteiger partial charge on any atom is -0.497 e. The SMILES string of the molecule is COCCCN1CCOc2ccc(C(O[C@H]3CN[C@@H](C[C@@H](C)n4ccnc4)C[C@@H]3c3ccc(OC)cc3)S(=O)(=O)c3ccc(C)cc3)cc21. The van der Waals surface area contributed by atoms with E-state index in [4.69, 9.17) is 18.9 Å². The molecular formula is C38H48N4O6S. The molecule has 5 atom stereocenters. The second-order valence-electron chi connectivity index (χ2n) is 13.1. The Labute approximate surface area is 290 Å². The van der Waals surface area contributed by atoms with E-state index in [1.54, 1.807) is 32.5 Å². The van der Waals surface area contributed by atoms with Gasteiger partial charge in [0.1, 0.15) is 18.1 Å². The summed E-state index contributed by atoms with van der Waals surface area (Å²) in [4.78, 5) is 6.70. The number of hydrogen-bond acceptors (Lipinski definition) is 9. The number of imidazole rings is 1. The lowest BCUT2D eigenvalue weighted by atomic mass is 9.82. The highest BCUT2D eigenvalue weighted by molar-refractivity contribution is 7.91. The maximum Gasteiger partial charge on any atom is 0.209 e. The quantitative estimate of drug-likeness (QED) is 0.158. The Morgan fingerprint density at radius 1 is 1.06 bits per heavy atom. The number of anilines is 1. The van der Waals surface area contributed by atoms with Crippen LogP contribution in [0.3, 0.4) is 0 Å². The summed E-state index contributed by atoms with van der Waals surface area (Å²) in [5.74, 6) is 1.45. The van der Waals surface area contributed by atoms with Crippen LogP contribution in [-0.2, 0) is 19.3 Å². The molecule has 1 N–H and O–H groups in total. The molecule has 1 fully saturated rings. The first-order chi connectivity index (χ1) is 23.8. The molecule has 1 aromatic heterocycles. The molecular weight excluding hydrogens is 641 g/mol. The van der Waals surface area contributed by atoms with Crippen LogP contribution in [-0.4, -0.2) is 77.2 Å². The van der Waals surface area contributed by atoms with Crippen molar-refractivity contribution < 1.29 is 27.4 Å². The molecule has 11 heteroatoms. The van der Waals surface area contributed by atoms with Crippen LogP contribution in [0.2, 0.25) is 0 Å². The molecule has 2 aliphatic rings. The third-order valence-corrected chi connectivity index (χ3v) is 11.6. The summed E-state index contributed by atoms with van der Waals surface area (Å²) in [6.45, 7) is 7.33. The van der Waals surface area contributed by atoms with E-state index in [1.165, 1.54) is 0 Å². The maximum atomic E-state index is 14.6. The van der Waals surface area contributed by atoms with Gasteiger partial charge in [-0.1, -0.05) is 35.9 Å². The predicted molar refractivity (Wildman–Crippen MR) is 190 cm³/mol. The fraction of sp³-hybridized carbons (Fsp3) is 0.447. The highest BCUT2D eigenvalue weighted by Gasteiger charge is 2.39. The van der Waals surface area contributed by atoms with E-state index < -0.39 is 21.4 Å². The Morgan fingerprint density at radius 3 is 2.57 bits per heavy atom. The van der Waals surface area contributed by atoms with E-state index >= 15 is 0 Å². The first kappa shape index (κ1) is 34.9. The van der Waals surface area contributed by atoms with Gasteiger partial charge in [-0.25, -0.2) is 13.4 Å². The molecule has 262 valence electrons. The van der Waals surface area contributed by atoms with Gasteiger partial charge >= 0.3 is 0 Å². The van der Waals surface area contributed by atoms with Crippen molar-refractivity contribution in [1.82, 2.24) is 14.9 Å². The molecule has 0 bridgehead atoms. The fourth-order valence-corrected chi connectivity index (χ4v) is 8.52. The molecule has 49 heavy (non-hydrogen) atoms. The summed E-state index contributed by atoms with van der Waals surface area (Å²) in [5, 5.41) is 3.71. The van der Waals surface area contributed by atoms with Crippen molar-refractivity contribution in [3.8, 4) is 11.5 Å². The van der Waals surface area contributed by atoms with Gasteiger partial charge in [-0.15, -0.1) is 0 Å². The number of aromatic nitrogens is 2. The number of benzene rings is 3. The van der Waals surface area contributed by atoms with Gasteiger partial charge in [0, 0.05) is 57.2 Å². The van der Waals surface area contributed by atoms with E-state index in [0.717, 1.165) is 54.1 Å². The molecule has 3 heterocycles. The highest BCUT2D eigenvalue weighted by atomic mass is 32.2. The number of rotatable bonds is 14. The van der Waals surface area contributed by atoms with E-state index in [0.29, 0.717) is 31.9 Å². The summed E-state index contributed by atoms with van der Waals surface area (Å²) in [7, 11) is -0.619. The summed E-state index contributed by atoms with van der Waals surface area (Å²) < 4.78 is 55.0. The molecule has 10 nitrogen and oxygen atoms in total. The van der Waals surface area contributed by atoms with Crippen LogP contribution in [0, 0.1) is 6.92 Å². The van der Waals surface area contributed by atoms with Crippen molar-refractivity contribution in [2.45, 2.75) is 67.5 Å². The summed E-state index contributed by atoms with van der Waals surface area (Å²) in [5.41, 5.74) is 2.28. The molecule has 4 aromatic rings. The van der Waals surface area contributed by atoms with Crippen LogP contribution in [0.1, 0.15) is 60.3 Å². The lowest BCUT2D eigenvalue weighted by Gasteiger charge is -2.40. The third kappa shape index (κ3) is 8.12. The number of ether oxygens (including phenoxy) is 4. The molecule has 1 saturated heterocycles. The van der Waals surface area contributed by atoms with Crippen LogP contribution < -0.4 is 19.7 Å². The van der Waals surface area contributed by atoms with Gasteiger partial charge in [0.15, 0.2) is 5.44 Å². The second-order valence-corrected chi connectivity index (χ2v) is 15.1. The van der Waals surface area contributed by atoms with Gasteiger partial charge in [0.25, 0.3) is 0 Å². The molecule has 0 amide bonds. The molecule has 6 rings (SSSR count). The Kier molecular flexibility index (Phi) is 11.2. The average molecular weight is 689 g/mol. The molecule has 0 radical (unpaired) electrons. The number of nitrogens with one attached hydrogen (secondary N) is 1. The van der Waals surface area contributed by atoms with E-state index in [-0.39, 0.29) is 22.9 Å². The normalized spacial score (nSPS) is 20.7. The van der Waals surface area contributed by atoms with Crippen LogP contribution in [0.15, 0.2) is 90.3 Å². The van der Waals surface area contributed by atoms with Crippen LogP contribution >= 0.6 is 0 Å². The lowest BCUT2D eigenvalue weighted by molar-refractivity contribution is -0.00746. The number of hydrogen-bond donors (Lipinski definition) is 1. The Hall–Kier alpha value is -3.90. The van der Waals surface area contributed by atoms with Gasteiger partial charge in [-0.3, -0.25) is 0 Å². The van der Waals surface area contributed by atoms with Gasteiger partial charge in [-0.2, -0.15) is 0 Å². The average Bonchev–Trinajstić information content (AvgIpc) is 3.67. The Bertz CT molecular complexity index is 1750. The predicted octanol–water partition coefficient (Wildman–Crippen LogP) is 6.09. The second kappa shape index (κ2) is 15.8. The third-order valence-electron chi connectivity index (χ3n) is 9.72. The van der Waals surface area contributed by atoms with Crippen molar-refractivity contribution >= 4 is 15.5 Å². The van der Waals surface area contributed by atoms with Crippen molar-refractivity contribution in [2.75, 3.05) is 52.0 Å². The van der Waals surface area contributed by atoms with Crippen molar-refractivity contribution in [2.24, 2.45) is 0 Å². The first-order valence-corrected chi connectivity index (χ1v) is 18.6. The van der Waals surface area contributed by atoms with Gasteiger partial charge in [-0.05, 0) is 80.6 Å². The highest BCUT2D eigenvalue weighted by Crippen LogP contribution is 2.42. The standard InChI is InChI=1S/C38H48N4O6S/c1-27-6-13-33(14-7-27)49(43,44)38(30-10-15-36-35(23-30)41(19-21-47-36)17-5-20-45-3)48-37-25-40-31(22-28(2)42-18-16-39-26-42)24-34(37)29-8-11-32(46-4)12-9-29/h6-16,18,23,26,28,31,34,37-38,40H,5,17,19-22,24-25H2,1-4H3/t28-,31+,34-,37+,38?/m1/s1. The van der Waals surface area contributed by atoms with Gasteiger partial charge in [0.2, 0.25) is 9.84 Å². The number of fused-ring (bicyclic) bond motifs is 1. The summed E-state index contributed by atoms with van der Waals surface area (Å²) in [6, 6.07) is 21.1. The van der Waals surface area contributed by atoms with Gasteiger partial charge in [0.05, 0.1) is 36.7 Å². The Morgan fingerprint density at radius 2 is 1.86 bits per heavy atom. The number of aryl methyl sites for hydroxylation is 1. The van der Waals surface area contributed by atoms with Crippen LogP contribution in [0.5, 0.6) is 11.5 Å². The monoisotopic (exact) mass is 688 g/mol. The molecule has 0 spiro atoms. The van der Waals surface area contributed by atoms with E-state index in [9.17, 15) is 8.42 Å². The fourth-order valence-electron chi connectivity index (χ4n) is 6.96. The number of methoxy groups -OCH3 is 2. The minimum absolute atomic E-state index is 0.0608. The minimum atomic E-state index is -3.97. The van der Waals surface area contributed by atoms with Gasteiger partial charge < -0.3 is 33.7 Å². The van der Waals surface area contributed by atoms with Crippen molar-refractivity contribution in [1.29, 1.82) is 0 Å². The molecule has 0 saturated carbocycles. The Balaban J connectivity index is 1.35. The number of nitrogens with zero attached hydrogens (tertiary/aromatic N) is 3. The smallest absolute Gasteiger partial charge is 0.209 e. The molecule has 1 unspecified atom stereocenters. The number of sulfone groups is 1. The van der Waals surface area contributed by atoms with Crippen LogP contribution in [0.4, 0.5) is 5.69 Å². The molecule has 0 aliphatic carbocycles. The van der Waals surface area contributed by atoms with E-state index in [1.807, 2.05) is 61.9 Å². The topological polar surface area (TPSA) is 104 Å². The zero-order chi connectivity index (χ0) is 34.4. The summed E-state index contributed by atoms with van der Waals surface area (Å²) >= 11 is 0. The largest absolute Gasteiger partial charge is 0.497 e. The zero-order valence-corrected chi connectivity index (χ0v) is 29.6. The molecule has 3 aromatic carbocycles. The van der Waals surface area contributed by atoms with Crippen molar-refractivity contribution in [3.05, 3.63) is 102 Å². The zero-order valence-electron chi connectivity index (χ0n) is 28.8. The van der Waals surface area contributed by atoms with Crippen LogP contribution in [0.25, 0.3) is 0 Å². The molecule has 2 aliphatic heterocycles. The summed E-state index contributed by atoms with van der Waals surface area (Å²) in [6.07, 6.45) is 7.73. The number of piperidine rings is 1.